The maximum absolute atomic E-state index is 13.0. The first kappa shape index (κ1) is 24.1. The van der Waals surface area contributed by atoms with Gasteiger partial charge in [-0.05, 0) is 44.2 Å². The van der Waals surface area contributed by atoms with Crippen molar-refractivity contribution < 1.29 is 13.2 Å². The summed E-state index contributed by atoms with van der Waals surface area (Å²) < 4.78 is 27.4. The molecule has 0 spiro atoms. The summed E-state index contributed by atoms with van der Waals surface area (Å²) in [6.45, 7) is 1.82. The van der Waals surface area contributed by atoms with E-state index in [0.717, 1.165) is 50.9 Å². The first-order valence-corrected chi connectivity index (χ1v) is 12.7. The van der Waals surface area contributed by atoms with E-state index >= 15 is 0 Å². The highest BCUT2D eigenvalue weighted by atomic mass is 35.5. The molecule has 7 nitrogen and oxygen atoms in total. The van der Waals surface area contributed by atoms with E-state index in [-0.39, 0.29) is 29.3 Å². The molecule has 0 radical (unpaired) electrons. The minimum Gasteiger partial charge on any atom is -0.301 e. The zero-order valence-electron chi connectivity index (χ0n) is 17.8. The quantitative estimate of drug-likeness (QED) is 0.698. The lowest BCUT2D eigenvalue weighted by atomic mass is 9.96. The number of benzene rings is 1. The molecule has 1 aliphatic heterocycles. The van der Waals surface area contributed by atoms with Crippen LogP contribution in [0.3, 0.4) is 0 Å². The van der Waals surface area contributed by atoms with Crippen molar-refractivity contribution in [3.63, 3.8) is 0 Å². The van der Waals surface area contributed by atoms with Crippen molar-refractivity contribution in [2.45, 2.75) is 56.0 Å². The fourth-order valence-corrected chi connectivity index (χ4v) is 6.63. The van der Waals surface area contributed by atoms with Crippen molar-refractivity contribution in [1.29, 1.82) is 0 Å². The Morgan fingerprint density at radius 3 is 2.55 bits per heavy atom. The molecule has 1 N–H and O–H groups in total. The molecule has 0 saturated heterocycles. The van der Waals surface area contributed by atoms with Gasteiger partial charge in [-0.1, -0.05) is 19.3 Å². The highest BCUT2D eigenvalue weighted by Crippen LogP contribution is 2.29. The lowest BCUT2D eigenvalue weighted by Gasteiger charge is -2.30. The molecule has 1 aromatic carbocycles. The minimum absolute atomic E-state index is 0. The number of thiazole rings is 1. The Balaban J connectivity index is 0.00000272. The summed E-state index contributed by atoms with van der Waals surface area (Å²) >= 11 is 1.50. The standard InChI is InChI=1S/C21H28N4O3S2.ClH/c1-24-13-12-18-19(14-24)29-21(22-18)23-20(26)15-8-10-17(11-9-15)30(27,28)25(2)16-6-4-3-5-7-16;/h8-11,16H,3-7,12-14H2,1-2H3,(H,22,23,26);1H. The molecular weight excluding hydrogens is 456 g/mol. The summed E-state index contributed by atoms with van der Waals surface area (Å²) in [6, 6.07) is 6.23. The van der Waals surface area contributed by atoms with E-state index in [0.29, 0.717) is 10.7 Å². The second-order valence-corrected chi connectivity index (χ2v) is 11.2. The van der Waals surface area contributed by atoms with Gasteiger partial charge in [0.2, 0.25) is 10.0 Å². The summed E-state index contributed by atoms with van der Waals surface area (Å²) in [5.41, 5.74) is 1.47. The van der Waals surface area contributed by atoms with Crippen LogP contribution < -0.4 is 5.32 Å². The second kappa shape index (κ2) is 9.95. The third-order valence-electron chi connectivity index (χ3n) is 6.02. The molecule has 1 aliphatic carbocycles. The lowest BCUT2D eigenvalue weighted by Crippen LogP contribution is -2.38. The first-order valence-electron chi connectivity index (χ1n) is 10.4. The van der Waals surface area contributed by atoms with Gasteiger partial charge in [0.05, 0.1) is 10.6 Å². The van der Waals surface area contributed by atoms with Crippen molar-refractivity contribution in [2.24, 2.45) is 0 Å². The predicted molar refractivity (Wildman–Crippen MR) is 126 cm³/mol. The number of fused-ring (bicyclic) bond motifs is 1. The van der Waals surface area contributed by atoms with Crippen molar-refractivity contribution >= 4 is 44.8 Å². The Labute approximate surface area is 194 Å². The van der Waals surface area contributed by atoms with E-state index in [1.165, 1.54) is 39.1 Å². The van der Waals surface area contributed by atoms with Gasteiger partial charge in [0.15, 0.2) is 5.13 Å². The van der Waals surface area contributed by atoms with Crippen LogP contribution in [-0.4, -0.2) is 55.2 Å². The number of nitrogens with one attached hydrogen (secondary N) is 1. The number of halogens is 1. The van der Waals surface area contributed by atoms with Crippen LogP contribution in [0.25, 0.3) is 0 Å². The highest BCUT2D eigenvalue weighted by Gasteiger charge is 2.29. The van der Waals surface area contributed by atoms with Crippen LogP contribution >= 0.6 is 23.7 Å². The molecule has 1 aromatic heterocycles. The summed E-state index contributed by atoms with van der Waals surface area (Å²) in [6.07, 6.45) is 6.01. The van der Waals surface area contributed by atoms with Crippen LogP contribution in [0.15, 0.2) is 29.2 Å². The van der Waals surface area contributed by atoms with Crippen molar-refractivity contribution in [3.05, 3.63) is 40.4 Å². The Kier molecular flexibility index (Phi) is 7.75. The molecule has 1 saturated carbocycles. The highest BCUT2D eigenvalue weighted by molar-refractivity contribution is 7.89. The van der Waals surface area contributed by atoms with Crippen molar-refractivity contribution in [1.82, 2.24) is 14.2 Å². The number of sulfonamides is 1. The molecule has 0 bridgehead atoms. The topological polar surface area (TPSA) is 82.6 Å². The molecule has 0 unspecified atom stereocenters. The fourth-order valence-electron chi connectivity index (χ4n) is 4.13. The van der Waals surface area contributed by atoms with E-state index in [1.807, 2.05) is 0 Å². The monoisotopic (exact) mass is 484 g/mol. The van der Waals surface area contributed by atoms with E-state index < -0.39 is 10.0 Å². The number of rotatable bonds is 5. The van der Waals surface area contributed by atoms with Crippen LogP contribution in [0.5, 0.6) is 0 Å². The number of carbonyl (C=O) groups is 1. The van der Waals surface area contributed by atoms with Crippen LogP contribution in [0.2, 0.25) is 0 Å². The van der Waals surface area contributed by atoms with Gasteiger partial charge in [-0.15, -0.1) is 23.7 Å². The number of carbonyl (C=O) groups excluding carboxylic acids is 1. The minimum atomic E-state index is -3.56. The Bertz CT molecular complexity index is 1020. The van der Waals surface area contributed by atoms with Crippen LogP contribution in [-0.2, 0) is 23.0 Å². The van der Waals surface area contributed by atoms with Gasteiger partial charge in [0.1, 0.15) is 0 Å². The number of nitrogens with zero attached hydrogens (tertiary/aromatic N) is 3. The van der Waals surface area contributed by atoms with Gasteiger partial charge >= 0.3 is 0 Å². The number of anilines is 1. The third-order valence-corrected chi connectivity index (χ3v) is 8.95. The van der Waals surface area contributed by atoms with Crippen molar-refractivity contribution in [2.75, 3.05) is 26.0 Å². The lowest BCUT2D eigenvalue weighted by molar-refractivity contribution is 0.102. The predicted octanol–water partition coefficient (Wildman–Crippen LogP) is 3.76. The molecule has 2 aromatic rings. The summed E-state index contributed by atoms with van der Waals surface area (Å²) in [4.78, 5) is 20.8. The molecule has 0 atom stereocenters. The number of hydrogen-bond acceptors (Lipinski definition) is 6. The van der Waals surface area contributed by atoms with E-state index in [4.69, 9.17) is 0 Å². The Morgan fingerprint density at radius 1 is 1.19 bits per heavy atom. The van der Waals surface area contributed by atoms with Crippen molar-refractivity contribution in [3.8, 4) is 0 Å². The fraction of sp³-hybridized carbons (Fsp3) is 0.524. The van der Waals surface area contributed by atoms with Gasteiger partial charge in [-0.3, -0.25) is 10.1 Å². The zero-order valence-corrected chi connectivity index (χ0v) is 20.3. The number of aromatic nitrogens is 1. The maximum atomic E-state index is 13.0. The van der Waals surface area contributed by atoms with E-state index in [1.54, 1.807) is 19.2 Å². The van der Waals surface area contributed by atoms with Crippen LogP contribution in [0.4, 0.5) is 5.13 Å². The summed E-state index contributed by atoms with van der Waals surface area (Å²) in [5, 5.41) is 3.44. The average Bonchev–Trinajstić information content (AvgIpc) is 3.15. The summed E-state index contributed by atoms with van der Waals surface area (Å²) in [7, 11) is 0.171. The second-order valence-electron chi connectivity index (χ2n) is 8.17. The molecule has 170 valence electrons. The number of amides is 1. The Hall–Kier alpha value is -1.52. The largest absolute Gasteiger partial charge is 0.301 e. The normalized spacial score (nSPS) is 17.8. The van der Waals surface area contributed by atoms with Gasteiger partial charge < -0.3 is 4.90 Å². The molecule has 4 rings (SSSR count). The SMILES string of the molecule is CN1CCc2nc(NC(=O)c3ccc(S(=O)(=O)N(C)C4CCCCC4)cc3)sc2C1.Cl. The summed E-state index contributed by atoms with van der Waals surface area (Å²) in [5.74, 6) is -0.279. The molecule has 31 heavy (non-hydrogen) atoms. The average molecular weight is 485 g/mol. The molecule has 2 aliphatic rings. The maximum Gasteiger partial charge on any atom is 0.257 e. The molecule has 1 amide bonds. The number of likely N-dealkylation sites (N-methyl/N-ethyl adjacent to an activating group) is 1. The molecule has 1 fully saturated rings. The van der Waals surface area contributed by atoms with Gasteiger partial charge in [-0.2, -0.15) is 4.31 Å². The van der Waals surface area contributed by atoms with Gasteiger partial charge in [-0.25, -0.2) is 13.4 Å². The smallest absolute Gasteiger partial charge is 0.257 e. The molecule has 2 heterocycles. The van der Waals surface area contributed by atoms with Crippen LogP contribution in [0, 0.1) is 0 Å². The Morgan fingerprint density at radius 2 is 1.87 bits per heavy atom. The van der Waals surface area contributed by atoms with Gasteiger partial charge in [0, 0.05) is 43.0 Å². The van der Waals surface area contributed by atoms with E-state index in [9.17, 15) is 13.2 Å². The molecule has 10 heteroatoms. The van der Waals surface area contributed by atoms with E-state index in [2.05, 4.69) is 22.2 Å². The first-order chi connectivity index (χ1) is 14.3. The number of hydrogen-bond donors (Lipinski definition) is 1. The molecular formula is C21H29ClN4O3S2. The van der Waals surface area contributed by atoms with Crippen LogP contribution in [0.1, 0.15) is 53.0 Å². The zero-order chi connectivity index (χ0) is 21.3. The van der Waals surface area contributed by atoms with Gasteiger partial charge in [0.25, 0.3) is 5.91 Å². The third kappa shape index (κ3) is 5.28.